The molecule has 446 valence electrons. The summed E-state index contributed by atoms with van der Waals surface area (Å²) in [6.45, 7) is 16.2. The molecule has 2 aromatic heterocycles. The molecule has 4 N–H and O–H groups in total. The number of rotatable bonds is 22. The summed E-state index contributed by atoms with van der Waals surface area (Å²) in [4.78, 5) is 66.2. The highest BCUT2D eigenvalue weighted by atomic mass is 32.1. The fourth-order valence-corrected chi connectivity index (χ4v) is 14.6. The third-order valence-electron chi connectivity index (χ3n) is 18.2. The van der Waals surface area contributed by atoms with Crippen LogP contribution in [0.3, 0.4) is 0 Å². The molecule has 4 aliphatic heterocycles. The largest absolute Gasteiger partial charge is 0.508 e. The predicted octanol–water partition coefficient (Wildman–Crippen LogP) is 8.68. The molecule has 3 saturated heterocycles. The van der Waals surface area contributed by atoms with E-state index in [1.165, 1.54) is 6.08 Å². The Hall–Kier alpha value is -6.90. The molecule has 1 aliphatic carbocycles. The van der Waals surface area contributed by atoms with E-state index in [0.717, 1.165) is 157 Å². The number of carbonyl (C=O) groups is 3. The molecular weight excluding hydrogens is 1080 g/mol. The SMILES string of the molecule is C=CC(=O)N1CCN(c2nc(O[C@H](C)CN3CCC(OCCOCCOc4ccc(-c5csc(C6CCCN6C(=O)[C@@H](C6CCCCC6)[C@](C)(NC)C(N)=O)n5)c5ccccc45)CC3)nc3c2CCN(c2cc(O)cc4ccccc24)C3)CC1. The standard InChI is InChI=1S/C65H82N10O8S/c1-5-58(77)72-30-32-73(33-31-72)60-52-25-29-74(56-39-46(76)38-45-16-9-10-17-48(45)56)41-53(52)69-64(70-60)83-43(2)40-71-27-23-47(24-28-71)81-36-34-80-35-37-82-57-22-21-50(49-18-11-12-19-51(49)57)54-42-84-61(68-54)55-20-13-26-75(55)62(78)59(44-14-7-6-8-15-44)65(3,67-4)63(66)79/h5,9-12,16-19,21-22,38-39,42-44,47,55,59,67,76H,1,6-8,13-15,20,23-37,40-41H2,2-4H3,(H2,66,79)/t43-,55?,59-,65+/m1/s1. The van der Waals surface area contributed by atoms with Gasteiger partial charge in [0.25, 0.3) is 0 Å². The van der Waals surface area contributed by atoms with Gasteiger partial charge in [0, 0.05) is 97.9 Å². The molecule has 4 fully saturated rings. The lowest BCUT2D eigenvalue weighted by Crippen LogP contribution is -2.63. The van der Waals surface area contributed by atoms with E-state index in [1.54, 1.807) is 31.4 Å². The van der Waals surface area contributed by atoms with Crippen LogP contribution in [0.5, 0.6) is 17.5 Å². The number of piperidine rings is 1. The number of aromatic nitrogens is 3. The number of aromatic hydroxyl groups is 1. The summed E-state index contributed by atoms with van der Waals surface area (Å²) < 4.78 is 25.2. The van der Waals surface area contributed by atoms with Crippen molar-refractivity contribution >= 4 is 62.1 Å². The summed E-state index contributed by atoms with van der Waals surface area (Å²) in [7, 11) is 1.74. The van der Waals surface area contributed by atoms with Gasteiger partial charge in [0.15, 0.2) is 0 Å². The molecule has 3 amide bonds. The van der Waals surface area contributed by atoms with Crippen molar-refractivity contribution in [1.82, 2.24) is 35.0 Å². The number of hydrogen-bond acceptors (Lipinski definition) is 16. The summed E-state index contributed by atoms with van der Waals surface area (Å²) in [5.74, 6) is 0.888. The van der Waals surface area contributed by atoms with Crippen molar-refractivity contribution in [3.63, 3.8) is 0 Å². The molecule has 6 heterocycles. The predicted molar refractivity (Wildman–Crippen MR) is 329 cm³/mol. The van der Waals surface area contributed by atoms with Crippen LogP contribution < -0.4 is 30.3 Å². The van der Waals surface area contributed by atoms with Gasteiger partial charge in [0.2, 0.25) is 17.7 Å². The Morgan fingerprint density at radius 3 is 2.35 bits per heavy atom. The molecule has 6 aromatic rings. The third-order valence-corrected chi connectivity index (χ3v) is 19.2. The molecule has 1 saturated carbocycles. The maximum atomic E-state index is 14.7. The van der Waals surface area contributed by atoms with Crippen LogP contribution >= 0.6 is 11.3 Å². The van der Waals surface area contributed by atoms with Crippen molar-refractivity contribution in [3.8, 4) is 28.8 Å². The minimum Gasteiger partial charge on any atom is -0.508 e. The number of likely N-dealkylation sites (N-methyl/N-ethyl adjacent to an activating group) is 1. The number of likely N-dealkylation sites (tertiary alicyclic amines) is 2. The molecule has 18 nitrogen and oxygen atoms in total. The highest BCUT2D eigenvalue weighted by molar-refractivity contribution is 7.10. The zero-order valence-corrected chi connectivity index (χ0v) is 49.8. The number of nitrogens with zero attached hydrogens (tertiary/aromatic N) is 8. The summed E-state index contributed by atoms with van der Waals surface area (Å²) in [6, 6.07) is 24.3. The molecule has 11 rings (SSSR count). The van der Waals surface area contributed by atoms with E-state index in [9.17, 15) is 19.5 Å². The fraction of sp³-hybridized carbons (Fsp3) is 0.508. The average Bonchev–Trinajstić information content (AvgIpc) is 3.79. The molecule has 0 radical (unpaired) electrons. The van der Waals surface area contributed by atoms with Crippen molar-refractivity contribution in [2.45, 2.75) is 108 Å². The topological polar surface area (TPSA) is 201 Å². The number of phenols is 1. The first-order valence-electron chi connectivity index (χ1n) is 30.4. The fourth-order valence-electron chi connectivity index (χ4n) is 13.6. The van der Waals surface area contributed by atoms with Gasteiger partial charge >= 0.3 is 6.01 Å². The number of hydrogen-bond donors (Lipinski definition) is 3. The number of nitrogens with one attached hydrogen (secondary N) is 1. The van der Waals surface area contributed by atoms with Crippen molar-refractivity contribution < 1.29 is 38.4 Å². The number of amides is 3. The molecule has 0 bridgehead atoms. The Morgan fingerprint density at radius 2 is 1.58 bits per heavy atom. The molecular formula is C65H82N10O8S. The van der Waals surface area contributed by atoms with Gasteiger partial charge in [-0.15, -0.1) is 11.3 Å². The van der Waals surface area contributed by atoms with Crippen molar-refractivity contribution in [3.05, 3.63) is 107 Å². The minimum absolute atomic E-state index is 0.00278. The number of nitrogens with two attached hydrogens (primary N) is 1. The molecule has 4 aromatic carbocycles. The second-order valence-electron chi connectivity index (χ2n) is 23.5. The molecule has 19 heteroatoms. The van der Waals surface area contributed by atoms with E-state index >= 15 is 0 Å². The highest BCUT2D eigenvalue weighted by Crippen LogP contribution is 2.44. The number of anilines is 2. The Bertz CT molecular complexity index is 3300. The Kier molecular flexibility index (Phi) is 18.6. The van der Waals surface area contributed by atoms with Gasteiger partial charge in [-0.1, -0.05) is 74.4 Å². The minimum atomic E-state index is -1.15. The van der Waals surface area contributed by atoms with Crippen molar-refractivity contribution in [1.29, 1.82) is 0 Å². The molecule has 4 atom stereocenters. The van der Waals surface area contributed by atoms with Gasteiger partial charge in [0.05, 0.1) is 55.8 Å². The summed E-state index contributed by atoms with van der Waals surface area (Å²) in [5.41, 5.74) is 9.73. The van der Waals surface area contributed by atoms with Crippen molar-refractivity contribution in [2.75, 3.05) is 102 Å². The number of fused-ring (bicyclic) bond motifs is 3. The van der Waals surface area contributed by atoms with Crippen LogP contribution in [0.15, 0.2) is 90.8 Å². The second-order valence-corrected chi connectivity index (χ2v) is 24.4. The highest BCUT2D eigenvalue weighted by Gasteiger charge is 2.50. The molecule has 0 spiro atoms. The van der Waals surface area contributed by atoms with E-state index in [2.05, 4.69) is 63.2 Å². The van der Waals surface area contributed by atoms with Crippen LogP contribution in [-0.2, 0) is 36.8 Å². The van der Waals surface area contributed by atoms with Gasteiger partial charge < -0.3 is 54.7 Å². The third kappa shape index (κ3) is 12.9. The zero-order chi connectivity index (χ0) is 58.3. The average molecular weight is 1160 g/mol. The van der Waals surface area contributed by atoms with Crippen LogP contribution in [0.2, 0.25) is 0 Å². The number of ether oxygens (including phenoxy) is 4. The van der Waals surface area contributed by atoms with Crippen molar-refractivity contribution in [2.24, 2.45) is 17.6 Å². The Morgan fingerprint density at radius 1 is 0.833 bits per heavy atom. The van der Waals surface area contributed by atoms with Crippen LogP contribution in [0.25, 0.3) is 32.8 Å². The van der Waals surface area contributed by atoms with E-state index in [4.69, 9.17) is 39.6 Å². The van der Waals surface area contributed by atoms with E-state index in [-0.39, 0.29) is 41.7 Å². The monoisotopic (exact) mass is 1160 g/mol. The van der Waals surface area contributed by atoms with Gasteiger partial charge in [-0.3, -0.25) is 19.3 Å². The van der Waals surface area contributed by atoms with Crippen LogP contribution in [0, 0.1) is 11.8 Å². The second kappa shape index (κ2) is 26.6. The summed E-state index contributed by atoms with van der Waals surface area (Å²) >= 11 is 1.59. The smallest absolute Gasteiger partial charge is 0.318 e. The van der Waals surface area contributed by atoms with Crippen LogP contribution in [0.1, 0.15) is 93.9 Å². The lowest BCUT2D eigenvalue weighted by atomic mass is 9.69. The summed E-state index contributed by atoms with van der Waals surface area (Å²) in [5, 5.41) is 21.0. The van der Waals surface area contributed by atoms with Gasteiger partial charge in [-0.2, -0.15) is 9.97 Å². The zero-order valence-electron chi connectivity index (χ0n) is 49.0. The number of piperazine rings is 1. The Balaban J connectivity index is 0.642. The number of primary amides is 1. The number of benzene rings is 4. The lowest BCUT2D eigenvalue weighted by molar-refractivity contribution is -0.147. The number of thiazole rings is 1. The number of phenolic OH excluding ortho intramolecular Hbond substituents is 1. The first-order valence-corrected chi connectivity index (χ1v) is 31.3. The number of carbonyl (C=O) groups excluding carboxylic acids is 3. The lowest BCUT2D eigenvalue weighted by Gasteiger charge is -2.42. The first kappa shape index (κ1) is 58.9. The van der Waals surface area contributed by atoms with E-state index in [0.29, 0.717) is 71.7 Å². The van der Waals surface area contributed by atoms with E-state index < -0.39 is 17.4 Å². The maximum absolute atomic E-state index is 14.7. The van der Waals surface area contributed by atoms with E-state index in [1.807, 2.05) is 52.3 Å². The van der Waals surface area contributed by atoms with Crippen LogP contribution in [-0.4, -0.2) is 163 Å². The van der Waals surface area contributed by atoms with Crippen LogP contribution in [0.4, 0.5) is 11.5 Å². The van der Waals surface area contributed by atoms with Gasteiger partial charge in [-0.25, -0.2) is 4.98 Å². The first-order chi connectivity index (χ1) is 40.9. The molecule has 1 unspecified atom stereocenters. The molecule has 84 heavy (non-hydrogen) atoms. The normalized spacial score (nSPS) is 19.7. The summed E-state index contributed by atoms with van der Waals surface area (Å²) in [6.07, 6.45) is 10.7. The maximum Gasteiger partial charge on any atom is 0.318 e. The molecule has 5 aliphatic rings. The van der Waals surface area contributed by atoms with Gasteiger partial charge in [-0.05, 0) is 107 Å². The Labute approximate surface area is 497 Å². The quantitative estimate of drug-likeness (QED) is 0.0430. The van der Waals surface area contributed by atoms with Gasteiger partial charge in [0.1, 0.15) is 40.6 Å².